The number of Topliss-reactive ketones (excluding diaryl/α,β-unsaturated/α-hetero) is 1. The average molecular weight is 307 g/mol. The van der Waals surface area contributed by atoms with E-state index in [1.54, 1.807) is 19.9 Å². The van der Waals surface area contributed by atoms with Crippen LogP contribution in [0.2, 0.25) is 0 Å². The van der Waals surface area contributed by atoms with Crippen LogP contribution in [0, 0.1) is 13.8 Å². The summed E-state index contributed by atoms with van der Waals surface area (Å²) in [6.07, 6.45) is 2.70. The predicted molar refractivity (Wildman–Crippen MR) is 80.9 cm³/mol. The molecule has 1 aromatic rings. The van der Waals surface area contributed by atoms with E-state index in [-0.39, 0.29) is 5.69 Å². The van der Waals surface area contributed by atoms with E-state index in [0.717, 1.165) is 0 Å². The van der Waals surface area contributed by atoms with Crippen LogP contribution >= 0.6 is 0 Å². The molecule has 0 bridgehead atoms. The quantitative estimate of drug-likeness (QED) is 0.496. The van der Waals surface area contributed by atoms with Crippen LogP contribution in [-0.2, 0) is 14.3 Å². The lowest BCUT2D eigenvalue weighted by Crippen LogP contribution is -2.24. The van der Waals surface area contributed by atoms with Crippen molar-refractivity contribution in [3.63, 3.8) is 0 Å². The first-order chi connectivity index (χ1) is 10.3. The third-order valence-corrected chi connectivity index (χ3v) is 3.23. The van der Waals surface area contributed by atoms with Crippen molar-refractivity contribution in [2.24, 2.45) is 0 Å². The topological polar surface area (TPSA) is 85.5 Å². The monoisotopic (exact) mass is 307 g/mol. The first kappa shape index (κ1) is 17.7. The van der Waals surface area contributed by atoms with E-state index < -0.39 is 23.8 Å². The fourth-order valence-electron chi connectivity index (χ4n) is 2.09. The Morgan fingerprint density at radius 1 is 1.27 bits per heavy atom. The van der Waals surface area contributed by atoms with Crippen molar-refractivity contribution in [3.05, 3.63) is 34.7 Å². The van der Waals surface area contributed by atoms with E-state index in [9.17, 15) is 14.4 Å². The second kappa shape index (κ2) is 7.59. The second-order valence-electron chi connectivity index (χ2n) is 4.87. The molecule has 0 spiro atoms. The van der Waals surface area contributed by atoms with Gasteiger partial charge < -0.3 is 14.5 Å². The number of H-pyrrole nitrogens is 1. The normalized spacial score (nSPS) is 12.2. The summed E-state index contributed by atoms with van der Waals surface area (Å²) in [5, 5.41) is 0. The zero-order chi connectivity index (χ0) is 16.9. The van der Waals surface area contributed by atoms with E-state index in [4.69, 9.17) is 9.47 Å². The summed E-state index contributed by atoms with van der Waals surface area (Å²) in [4.78, 5) is 38.5. The van der Waals surface area contributed by atoms with Crippen LogP contribution in [0.1, 0.15) is 52.4 Å². The molecule has 120 valence electrons. The number of hydrogen-bond acceptors (Lipinski definition) is 5. The van der Waals surface area contributed by atoms with Gasteiger partial charge in [0.15, 0.2) is 6.10 Å². The summed E-state index contributed by atoms with van der Waals surface area (Å²) in [5.74, 6) is -1.48. The van der Waals surface area contributed by atoms with Crippen molar-refractivity contribution in [2.75, 3.05) is 7.11 Å². The summed E-state index contributed by atoms with van der Waals surface area (Å²) in [6, 6.07) is 0. The Bertz CT molecular complexity index is 612. The van der Waals surface area contributed by atoms with Crippen molar-refractivity contribution >= 4 is 17.7 Å². The molecule has 0 radical (unpaired) electrons. The van der Waals surface area contributed by atoms with Crippen LogP contribution < -0.4 is 0 Å². The van der Waals surface area contributed by atoms with Crippen LogP contribution in [-0.4, -0.2) is 35.9 Å². The fourth-order valence-corrected chi connectivity index (χ4v) is 2.09. The van der Waals surface area contributed by atoms with Gasteiger partial charge in [-0.05, 0) is 32.8 Å². The number of esters is 2. The Hall–Kier alpha value is -2.37. The summed E-state index contributed by atoms with van der Waals surface area (Å²) < 4.78 is 9.74. The highest BCUT2D eigenvalue weighted by Crippen LogP contribution is 2.20. The summed E-state index contributed by atoms with van der Waals surface area (Å²) in [7, 11) is 1.28. The van der Waals surface area contributed by atoms with Crippen LogP contribution in [0.4, 0.5) is 0 Å². The maximum absolute atomic E-state index is 12.4. The third kappa shape index (κ3) is 3.84. The van der Waals surface area contributed by atoms with Crippen LogP contribution in [0.5, 0.6) is 0 Å². The average Bonchev–Trinajstić information content (AvgIpc) is 2.78. The minimum absolute atomic E-state index is 0.248. The van der Waals surface area contributed by atoms with Gasteiger partial charge in [-0.25, -0.2) is 9.59 Å². The van der Waals surface area contributed by atoms with Gasteiger partial charge in [0.1, 0.15) is 0 Å². The molecule has 1 heterocycles. The number of ether oxygens (including phenoxy) is 2. The van der Waals surface area contributed by atoms with E-state index in [0.29, 0.717) is 23.2 Å². The van der Waals surface area contributed by atoms with Crippen LogP contribution in [0.3, 0.4) is 0 Å². The highest BCUT2D eigenvalue weighted by atomic mass is 16.5. The van der Waals surface area contributed by atoms with Crippen molar-refractivity contribution < 1.29 is 23.9 Å². The molecule has 22 heavy (non-hydrogen) atoms. The van der Waals surface area contributed by atoms with Gasteiger partial charge in [-0.1, -0.05) is 13.0 Å². The SMILES string of the molecule is CC/C=C/C(=O)O[C@H](C)C(=O)c1[nH]c(C)c(C(=O)OC)c1C. The van der Waals surface area contributed by atoms with Gasteiger partial charge in [-0.2, -0.15) is 0 Å². The number of aromatic amines is 1. The molecule has 0 fully saturated rings. The number of allylic oxidation sites excluding steroid dienone is 1. The summed E-state index contributed by atoms with van der Waals surface area (Å²) in [6.45, 7) is 6.70. The molecular weight excluding hydrogens is 286 g/mol. The van der Waals surface area contributed by atoms with E-state index in [1.807, 2.05) is 6.92 Å². The summed E-state index contributed by atoms with van der Waals surface area (Å²) >= 11 is 0. The van der Waals surface area contributed by atoms with Crippen molar-refractivity contribution in [1.82, 2.24) is 4.98 Å². The van der Waals surface area contributed by atoms with Gasteiger partial charge in [0.05, 0.1) is 18.4 Å². The molecule has 6 heteroatoms. The molecule has 0 saturated heterocycles. The van der Waals surface area contributed by atoms with Gasteiger partial charge in [0.25, 0.3) is 0 Å². The number of rotatable bonds is 6. The lowest BCUT2D eigenvalue weighted by molar-refractivity contribution is -0.140. The van der Waals surface area contributed by atoms with Gasteiger partial charge >= 0.3 is 11.9 Å². The molecule has 1 N–H and O–H groups in total. The highest BCUT2D eigenvalue weighted by Gasteiger charge is 2.26. The van der Waals surface area contributed by atoms with E-state index in [2.05, 4.69) is 4.98 Å². The smallest absolute Gasteiger partial charge is 0.339 e. The minimum Gasteiger partial charge on any atom is -0.465 e. The Labute approximate surface area is 129 Å². The van der Waals surface area contributed by atoms with Gasteiger partial charge in [-0.3, -0.25) is 4.79 Å². The lowest BCUT2D eigenvalue weighted by Gasteiger charge is -2.10. The number of aromatic nitrogens is 1. The lowest BCUT2D eigenvalue weighted by atomic mass is 10.1. The first-order valence-electron chi connectivity index (χ1n) is 7.02. The van der Waals surface area contributed by atoms with Crippen LogP contribution in [0.25, 0.3) is 0 Å². The number of aryl methyl sites for hydroxylation is 1. The minimum atomic E-state index is -0.948. The van der Waals surface area contributed by atoms with Gasteiger partial charge in [0, 0.05) is 11.8 Å². The molecule has 0 aliphatic heterocycles. The largest absolute Gasteiger partial charge is 0.465 e. The van der Waals surface area contributed by atoms with Crippen LogP contribution in [0.15, 0.2) is 12.2 Å². The Morgan fingerprint density at radius 2 is 1.91 bits per heavy atom. The molecule has 0 unspecified atom stereocenters. The van der Waals surface area contributed by atoms with E-state index in [1.165, 1.54) is 20.1 Å². The number of hydrogen-bond donors (Lipinski definition) is 1. The number of carbonyl (C=O) groups excluding carboxylic acids is 3. The molecule has 0 saturated carbocycles. The Kier molecular flexibility index (Phi) is 6.10. The predicted octanol–water partition coefficient (Wildman–Crippen LogP) is 2.50. The highest BCUT2D eigenvalue weighted by molar-refractivity contribution is 6.04. The molecule has 0 aliphatic carbocycles. The third-order valence-electron chi connectivity index (χ3n) is 3.23. The molecule has 0 aliphatic rings. The molecule has 1 atom stereocenters. The number of nitrogens with one attached hydrogen (secondary N) is 1. The maximum atomic E-state index is 12.4. The molecule has 1 rings (SSSR count). The van der Waals surface area contributed by atoms with Crippen molar-refractivity contribution in [2.45, 2.75) is 40.2 Å². The first-order valence-corrected chi connectivity index (χ1v) is 7.02. The van der Waals surface area contributed by atoms with Gasteiger partial charge in [-0.15, -0.1) is 0 Å². The zero-order valence-corrected chi connectivity index (χ0v) is 13.5. The van der Waals surface area contributed by atoms with Gasteiger partial charge in [0.2, 0.25) is 5.78 Å². The second-order valence-corrected chi connectivity index (χ2v) is 4.87. The number of ketones is 1. The standard InChI is InChI=1S/C16H21NO5/c1-6-7-8-12(18)22-11(4)15(19)14-9(2)13(10(3)17-14)16(20)21-5/h7-8,11,17H,6H2,1-5H3/b8-7+/t11-/m1/s1. The molecule has 1 aromatic heterocycles. The Morgan fingerprint density at radius 3 is 2.45 bits per heavy atom. The summed E-state index contributed by atoms with van der Waals surface area (Å²) in [5.41, 5.74) is 1.60. The zero-order valence-electron chi connectivity index (χ0n) is 13.5. The molecule has 0 amide bonds. The van der Waals surface area contributed by atoms with E-state index >= 15 is 0 Å². The maximum Gasteiger partial charge on any atom is 0.339 e. The molecule has 0 aromatic carbocycles. The molecule has 6 nitrogen and oxygen atoms in total. The van der Waals surface area contributed by atoms with Crippen molar-refractivity contribution in [3.8, 4) is 0 Å². The fraction of sp³-hybridized carbons (Fsp3) is 0.438. The van der Waals surface area contributed by atoms with Crippen molar-refractivity contribution in [1.29, 1.82) is 0 Å². The number of methoxy groups -OCH3 is 1. The molecular formula is C16H21NO5. The Balaban J connectivity index is 2.97. The number of carbonyl (C=O) groups is 3.